The van der Waals surface area contributed by atoms with Gasteiger partial charge in [-0.3, -0.25) is 0 Å². The third kappa shape index (κ3) is 3.80. The van der Waals surface area contributed by atoms with Gasteiger partial charge >= 0.3 is 0 Å². The van der Waals surface area contributed by atoms with E-state index < -0.39 is 0 Å². The van der Waals surface area contributed by atoms with Crippen LogP contribution in [0.3, 0.4) is 0 Å². The van der Waals surface area contributed by atoms with Crippen molar-refractivity contribution in [1.82, 2.24) is 4.90 Å². The first-order chi connectivity index (χ1) is 9.17. The standard InChI is InChI=1S/C17H28N2/c1-3-10-17(2,13-18)14-19-11-8-15-6-4-5-7-16(15)9-12-19/h4-7H,3,8-14,18H2,1-2H3. The maximum absolute atomic E-state index is 6.01. The molecule has 0 aromatic heterocycles. The molecule has 1 unspecified atom stereocenters. The maximum atomic E-state index is 6.01. The fourth-order valence-corrected chi connectivity index (χ4v) is 3.26. The number of hydrogen-bond acceptors (Lipinski definition) is 2. The van der Waals surface area contributed by atoms with Crippen LogP contribution in [-0.4, -0.2) is 31.1 Å². The van der Waals surface area contributed by atoms with Crippen LogP contribution < -0.4 is 5.73 Å². The summed E-state index contributed by atoms with van der Waals surface area (Å²) in [6.07, 6.45) is 4.82. The Kier molecular flexibility index (Phi) is 5.00. The largest absolute Gasteiger partial charge is 0.330 e. The van der Waals surface area contributed by atoms with E-state index >= 15 is 0 Å². The van der Waals surface area contributed by atoms with Crippen molar-refractivity contribution >= 4 is 0 Å². The van der Waals surface area contributed by atoms with Crippen molar-refractivity contribution in [1.29, 1.82) is 0 Å². The van der Waals surface area contributed by atoms with E-state index in [-0.39, 0.29) is 5.41 Å². The fraction of sp³-hybridized carbons (Fsp3) is 0.647. The molecule has 0 spiro atoms. The van der Waals surface area contributed by atoms with Crippen LogP contribution in [0.25, 0.3) is 0 Å². The van der Waals surface area contributed by atoms with Gasteiger partial charge in [0.2, 0.25) is 0 Å². The molecule has 0 bridgehead atoms. The lowest BCUT2D eigenvalue weighted by atomic mass is 9.85. The number of fused-ring (bicyclic) bond motifs is 1. The zero-order valence-corrected chi connectivity index (χ0v) is 12.5. The molecule has 0 amide bonds. The van der Waals surface area contributed by atoms with Crippen molar-refractivity contribution < 1.29 is 0 Å². The molecule has 19 heavy (non-hydrogen) atoms. The molecule has 0 radical (unpaired) electrons. The van der Waals surface area contributed by atoms with Crippen molar-refractivity contribution in [3.05, 3.63) is 35.4 Å². The predicted molar refractivity (Wildman–Crippen MR) is 82.4 cm³/mol. The Labute approximate surface area is 118 Å². The Morgan fingerprint density at radius 1 is 1.16 bits per heavy atom. The highest BCUT2D eigenvalue weighted by Crippen LogP contribution is 2.25. The van der Waals surface area contributed by atoms with E-state index in [2.05, 4.69) is 43.0 Å². The van der Waals surface area contributed by atoms with Crippen LogP contribution in [-0.2, 0) is 12.8 Å². The molecular formula is C17H28N2. The Morgan fingerprint density at radius 2 is 1.74 bits per heavy atom. The van der Waals surface area contributed by atoms with Gasteiger partial charge in [0.1, 0.15) is 0 Å². The lowest BCUT2D eigenvalue weighted by Crippen LogP contribution is -2.41. The molecular weight excluding hydrogens is 232 g/mol. The Morgan fingerprint density at radius 3 is 2.21 bits per heavy atom. The zero-order chi connectivity index (χ0) is 13.7. The van der Waals surface area contributed by atoms with Crippen molar-refractivity contribution in [3.63, 3.8) is 0 Å². The summed E-state index contributed by atoms with van der Waals surface area (Å²) >= 11 is 0. The Hall–Kier alpha value is -0.860. The van der Waals surface area contributed by atoms with E-state index in [1.807, 2.05) is 0 Å². The Balaban J connectivity index is 1.98. The minimum atomic E-state index is 0.283. The van der Waals surface area contributed by atoms with E-state index in [1.54, 1.807) is 0 Å². The van der Waals surface area contributed by atoms with E-state index in [0.717, 1.165) is 13.1 Å². The molecule has 2 N–H and O–H groups in total. The summed E-state index contributed by atoms with van der Waals surface area (Å²) in [5, 5.41) is 0. The maximum Gasteiger partial charge on any atom is 0.00477 e. The smallest absolute Gasteiger partial charge is 0.00477 e. The van der Waals surface area contributed by atoms with E-state index in [0.29, 0.717) is 0 Å². The molecule has 1 heterocycles. The van der Waals surface area contributed by atoms with E-state index in [9.17, 15) is 0 Å². The molecule has 2 nitrogen and oxygen atoms in total. The van der Waals surface area contributed by atoms with Gasteiger partial charge in [-0.25, -0.2) is 0 Å². The first kappa shape index (κ1) is 14.5. The number of nitrogens with two attached hydrogens (primary N) is 1. The van der Waals surface area contributed by atoms with Crippen molar-refractivity contribution in [2.24, 2.45) is 11.1 Å². The van der Waals surface area contributed by atoms with Gasteiger partial charge in [0, 0.05) is 19.6 Å². The van der Waals surface area contributed by atoms with Crippen molar-refractivity contribution in [2.45, 2.75) is 39.5 Å². The first-order valence-electron chi connectivity index (χ1n) is 7.66. The number of rotatable bonds is 5. The molecule has 106 valence electrons. The number of benzene rings is 1. The second-order valence-electron chi connectivity index (χ2n) is 6.31. The van der Waals surface area contributed by atoms with Crippen LogP contribution in [0.2, 0.25) is 0 Å². The van der Waals surface area contributed by atoms with Gasteiger partial charge in [-0.2, -0.15) is 0 Å². The summed E-state index contributed by atoms with van der Waals surface area (Å²) in [5.74, 6) is 0. The Bertz CT molecular complexity index is 375. The summed E-state index contributed by atoms with van der Waals surface area (Å²) in [4.78, 5) is 2.61. The third-order valence-corrected chi connectivity index (χ3v) is 4.46. The highest BCUT2D eigenvalue weighted by atomic mass is 15.1. The molecule has 1 atom stereocenters. The lowest BCUT2D eigenvalue weighted by molar-refractivity contribution is 0.163. The van der Waals surface area contributed by atoms with E-state index in [4.69, 9.17) is 5.73 Å². The second kappa shape index (κ2) is 6.53. The lowest BCUT2D eigenvalue weighted by Gasteiger charge is -2.34. The minimum absolute atomic E-state index is 0.283. The fourth-order valence-electron chi connectivity index (χ4n) is 3.26. The van der Waals surface area contributed by atoms with Crippen LogP contribution >= 0.6 is 0 Å². The molecule has 1 aliphatic rings. The average molecular weight is 260 g/mol. The molecule has 1 aromatic rings. The molecule has 1 aliphatic heterocycles. The van der Waals surface area contributed by atoms with Crippen molar-refractivity contribution in [2.75, 3.05) is 26.2 Å². The molecule has 2 heteroatoms. The summed E-state index contributed by atoms with van der Waals surface area (Å²) in [5.41, 5.74) is 9.36. The normalized spacial score (nSPS) is 19.5. The third-order valence-electron chi connectivity index (χ3n) is 4.46. The quantitative estimate of drug-likeness (QED) is 0.882. The zero-order valence-electron chi connectivity index (χ0n) is 12.5. The second-order valence-corrected chi connectivity index (χ2v) is 6.31. The van der Waals surface area contributed by atoms with Crippen LogP contribution in [0.5, 0.6) is 0 Å². The average Bonchev–Trinajstić information content (AvgIpc) is 2.62. The van der Waals surface area contributed by atoms with Crippen LogP contribution in [0.1, 0.15) is 37.8 Å². The summed E-state index contributed by atoms with van der Waals surface area (Å²) in [6.45, 7) is 8.89. The van der Waals surface area contributed by atoms with Crippen LogP contribution in [0, 0.1) is 5.41 Å². The van der Waals surface area contributed by atoms with Gasteiger partial charge in [-0.15, -0.1) is 0 Å². The predicted octanol–water partition coefficient (Wildman–Crippen LogP) is 2.85. The number of nitrogens with zero attached hydrogens (tertiary/aromatic N) is 1. The molecule has 0 fully saturated rings. The molecule has 2 rings (SSSR count). The minimum Gasteiger partial charge on any atom is -0.330 e. The van der Waals surface area contributed by atoms with Gasteiger partial charge in [-0.1, -0.05) is 44.5 Å². The summed E-state index contributed by atoms with van der Waals surface area (Å²) < 4.78 is 0. The van der Waals surface area contributed by atoms with Gasteiger partial charge in [0.25, 0.3) is 0 Å². The first-order valence-corrected chi connectivity index (χ1v) is 7.66. The van der Waals surface area contributed by atoms with Crippen LogP contribution in [0.4, 0.5) is 0 Å². The van der Waals surface area contributed by atoms with E-state index in [1.165, 1.54) is 49.9 Å². The topological polar surface area (TPSA) is 29.3 Å². The molecule has 1 aromatic carbocycles. The van der Waals surface area contributed by atoms with Gasteiger partial charge in [-0.05, 0) is 42.3 Å². The van der Waals surface area contributed by atoms with Gasteiger partial charge < -0.3 is 10.6 Å². The van der Waals surface area contributed by atoms with Gasteiger partial charge in [0.15, 0.2) is 0 Å². The van der Waals surface area contributed by atoms with Crippen LogP contribution in [0.15, 0.2) is 24.3 Å². The number of hydrogen-bond donors (Lipinski definition) is 1. The summed E-state index contributed by atoms with van der Waals surface area (Å²) in [7, 11) is 0. The highest BCUT2D eigenvalue weighted by Gasteiger charge is 2.25. The molecule has 0 saturated carbocycles. The summed E-state index contributed by atoms with van der Waals surface area (Å²) in [6, 6.07) is 8.89. The SMILES string of the molecule is CCCC(C)(CN)CN1CCc2ccccc2CC1. The molecule has 0 aliphatic carbocycles. The van der Waals surface area contributed by atoms with Crippen molar-refractivity contribution in [3.8, 4) is 0 Å². The molecule has 0 saturated heterocycles. The highest BCUT2D eigenvalue weighted by molar-refractivity contribution is 5.28. The monoisotopic (exact) mass is 260 g/mol. The van der Waals surface area contributed by atoms with Gasteiger partial charge in [0.05, 0.1) is 0 Å².